The van der Waals surface area contributed by atoms with Gasteiger partial charge in [-0.3, -0.25) is 0 Å². The molecule has 0 saturated heterocycles. The van der Waals surface area contributed by atoms with Crippen LogP contribution in [0.3, 0.4) is 0 Å². The Bertz CT molecular complexity index is 506. The topological polar surface area (TPSA) is 86.0 Å². The number of carboxylic acids is 1. The predicted octanol–water partition coefficient (Wildman–Crippen LogP) is 2.63. The maximum absolute atomic E-state index is 11.2. The molecule has 1 aromatic rings. The summed E-state index contributed by atoms with van der Waals surface area (Å²) >= 11 is 0. The number of anilines is 1. The van der Waals surface area contributed by atoms with E-state index >= 15 is 0 Å². The van der Waals surface area contributed by atoms with Crippen LogP contribution in [-0.4, -0.2) is 22.1 Å². The van der Waals surface area contributed by atoms with Crippen LogP contribution < -0.4 is 5.32 Å². The van der Waals surface area contributed by atoms with Crippen LogP contribution in [0.1, 0.15) is 43.0 Å². The van der Waals surface area contributed by atoms with Gasteiger partial charge in [-0.05, 0) is 31.9 Å². The Balaban J connectivity index is 3.02. The van der Waals surface area contributed by atoms with Gasteiger partial charge in [0.05, 0.1) is 5.56 Å². The summed E-state index contributed by atoms with van der Waals surface area (Å²) in [5.74, 6) is -0.554. The third-order valence-corrected chi connectivity index (χ3v) is 2.91. The summed E-state index contributed by atoms with van der Waals surface area (Å²) in [7, 11) is 0. The normalized spacial score (nSPS) is 11.7. The smallest absolute Gasteiger partial charge is 0.326 e. The molecule has 1 unspecified atom stereocenters. The Morgan fingerprint density at radius 2 is 2.26 bits per heavy atom. The number of nitrogens with one attached hydrogen (secondary N) is 1. The predicted molar refractivity (Wildman–Crippen MR) is 73.0 cm³/mol. The first-order chi connectivity index (χ1) is 8.99. The van der Waals surface area contributed by atoms with E-state index in [4.69, 9.17) is 5.26 Å². The molecule has 5 nitrogen and oxygen atoms in total. The molecule has 19 heavy (non-hydrogen) atoms. The molecule has 1 rings (SSSR count). The highest BCUT2D eigenvalue weighted by atomic mass is 16.4. The fraction of sp³-hybridized carbons (Fsp3) is 0.500. The molecule has 0 radical (unpaired) electrons. The maximum atomic E-state index is 11.2. The Morgan fingerprint density at radius 3 is 2.79 bits per heavy atom. The molecule has 5 heteroatoms. The van der Waals surface area contributed by atoms with Gasteiger partial charge in [-0.1, -0.05) is 19.8 Å². The Morgan fingerprint density at radius 1 is 1.58 bits per heavy atom. The molecule has 0 spiro atoms. The van der Waals surface area contributed by atoms with Gasteiger partial charge in [0.15, 0.2) is 0 Å². The number of aryl methyl sites for hydroxylation is 2. The van der Waals surface area contributed by atoms with Crippen molar-refractivity contribution in [3.63, 3.8) is 0 Å². The summed E-state index contributed by atoms with van der Waals surface area (Å²) in [6, 6.07) is 3.18. The highest BCUT2D eigenvalue weighted by Crippen LogP contribution is 2.19. The van der Waals surface area contributed by atoms with Crippen LogP contribution >= 0.6 is 0 Å². The van der Waals surface area contributed by atoms with Gasteiger partial charge >= 0.3 is 5.97 Å². The van der Waals surface area contributed by atoms with E-state index in [0.29, 0.717) is 17.8 Å². The fourth-order valence-corrected chi connectivity index (χ4v) is 1.91. The van der Waals surface area contributed by atoms with Gasteiger partial charge < -0.3 is 10.4 Å². The van der Waals surface area contributed by atoms with Crippen molar-refractivity contribution in [2.24, 2.45) is 0 Å². The minimum absolute atomic E-state index is 0.364. The summed E-state index contributed by atoms with van der Waals surface area (Å²) in [6.45, 7) is 5.65. The van der Waals surface area contributed by atoms with Crippen LogP contribution in [0.2, 0.25) is 0 Å². The van der Waals surface area contributed by atoms with Crippen molar-refractivity contribution in [1.82, 2.24) is 4.98 Å². The first-order valence-electron chi connectivity index (χ1n) is 6.37. The zero-order valence-corrected chi connectivity index (χ0v) is 11.5. The van der Waals surface area contributed by atoms with E-state index in [2.05, 4.69) is 16.4 Å². The van der Waals surface area contributed by atoms with Gasteiger partial charge in [0.2, 0.25) is 0 Å². The summed E-state index contributed by atoms with van der Waals surface area (Å²) in [5, 5.41) is 21.2. The molecule has 0 amide bonds. The lowest BCUT2D eigenvalue weighted by molar-refractivity contribution is -0.138. The summed E-state index contributed by atoms with van der Waals surface area (Å²) in [4.78, 5) is 15.4. The molecular weight excluding hydrogens is 242 g/mol. The molecule has 1 aromatic heterocycles. The van der Waals surface area contributed by atoms with Gasteiger partial charge in [0.25, 0.3) is 0 Å². The minimum Gasteiger partial charge on any atom is -0.480 e. The molecule has 0 bridgehead atoms. The summed E-state index contributed by atoms with van der Waals surface area (Å²) in [6.07, 6.45) is 2.26. The molecular formula is C14H19N3O2. The number of pyridine rings is 1. The molecule has 0 fully saturated rings. The highest BCUT2D eigenvalue weighted by Gasteiger charge is 2.19. The zero-order valence-electron chi connectivity index (χ0n) is 11.5. The summed E-state index contributed by atoms with van der Waals surface area (Å²) in [5.41, 5.74) is 1.98. The number of aliphatic carboxylic acids is 1. The van der Waals surface area contributed by atoms with Crippen molar-refractivity contribution >= 4 is 11.8 Å². The largest absolute Gasteiger partial charge is 0.480 e. The third-order valence-electron chi connectivity index (χ3n) is 2.91. The van der Waals surface area contributed by atoms with Crippen LogP contribution in [0.5, 0.6) is 0 Å². The first-order valence-corrected chi connectivity index (χ1v) is 6.37. The van der Waals surface area contributed by atoms with E-state index in [1.807, 2.05) is 26.8 Å². The molecule has 1 atom stereocenters. The van der Waals surface area contributed by atoms with Crippen molar-refractivity contribution in [2.45, 2.75) is 46.1 Å². The van der Waals surface area contributed by atoms with Crippen LogP contribution in [0.25, 0.3) is 0 Å². The van der Waals surface area contributed by atoms with E-state index < -0.39 is 12.0 Å². The summed E-state index contributed by atoms with van der Waals surface area (Å²) < 4.78 is 0. The molecule has 0 aliphatic rings. The zero-order chi connectivity index (χ0) is 14.4. The lowest BCUT2D eigenvalue weighted by Gasteiger charge is -2.16. The Hall–Kier alpha value is -2.09. The molecule has 0 saturated carbocycles. The Labute approximate surface area is 113 Å². The molecule has 0 aromatic carbocycles. The van der Waals surface area contributed by atoms with Crippen molar-refractivity contribution in [1.29, 1.82) is 5.26 Å². The second-order valence-corrected chi connectivity index (χ2v) is 4.59. The lowest BCUT2D eigenvalue weighted by atomic mass is 10.1. The number of nitriles is 1. The van der Waals surface area contributed by atoms with Crippen LogP contribution in [0, 0.1) is 25.2 Å². The van der Waals surface area contributed by atoms with Gasteiger partial charge in [-0.25, -0.2) is 9.78 Å². The van der Waals surface area contributed by atoms with Gasteiger partial charge in [-0.15, -0.1) is 0 Å². The van der Waals surface area contributed by atoms with Gasteiger partial charge in [0, 0.05) is 5.69 Å². The van der Waals surface area contributed by atoms with Gasteiger partial charge in [0.1, 0.15) is 17.9 Å². The van der Waals surface area contributed by atoms with E-state index in [1.54, 1.807) is 0 Å². The third kappa shape index (κ3) is 3.95. The molecule has 2 N–H and O–H groups in total. The second kappa shape index (κ2) is 6.74. The van der Waals surface area contributed by atoms with E-state index in [-0.39, 0.29) is 0 Å². The van der Waals surface area contributed by atoms with Crippen molar-refractivity contribution in [3.8, 4) is 6.07 Å². The minimum atomic E-state index is -0.918. The Kier molecular flexibility index (Phi) is 5.31. The fourth-order valence-electron chi connectivity index (χ4n) is 1.91. The van der Waals surface area contributed by atoms with Crippen LogP contribution in [0.4, 0.5) is 5.82 Å². The standard InChI is InChI=1S/C14H19N3O2/c1-4-5-6-12(14(18)19)17-13-11(8-15)9(2)7-10(3)16-13/h7,12H,4-6H2,1-3H3,(H,16,17)(H,18,19). The second-order valence-electron chi connectivity index (χ2n) is 4.59. The number of carboxylic acid groups (broad SMARTS) is 1. The molecule has 0 aliphatic carbocycles. The number of hydrogen-bond acceptors (Lipinski definition) is 4. The molecule has 0 aliphatic heterocycles. The lowest BCUT2D eigenvalue weighted by Crippen LogP contribution is -2.30. The van der Waals surface area contributed by atoms with Crippen LogP contribution in [0.15, 0.2) is 6.07 Å². The van der Waals surface area contributed by atoms with E-state index in [1.165, 1.54) is 0 Å². The van der Waals surface area contributed by atoms with Crippen molar-refractivity contribution < 1.29 is 9.90 Å². The number of rotatable bonds is 6. The van der Waals surface area contributed by atoms with Crippen molar-refractivity contribution in [3.05, 3.63) is 22.9 Å². The van der Waals surface area contributed by atoms with E-state index in [0.717, 1.165) is 24.1 Å². The number of unbranched alkanes of at least 4 members (excludes halogenated alkanes) is 1. The maximum Gasteiger partial charge on any atom is 0.326 e. The number of nitrogens with zero attached hydrogens (tertiary/aromatic N) is 2. The highest BCUT2D eigenvalue weighted by molar-refractivity contribution is 5.77. The van der Waals surface area contributed by atoms with Crippen molar-refractivity contribution in [2.75, 3.05) is 5.32 Å². The SMILES string of the molecule is CCCCC(Nc1nc(C)cc(C)c1C#N)C(=O)O. The number of aromatic nitrogens is 1. The number of hydrogen-bond donors (Lipinski definition) is 2. The average molecular weight is 261 g/mol. The van der Waals surface area contributed by atoms with Gasteiger partial charge in [-0.2, -0.15) is 5.26 Å². The average Bonchev–Trinajstić information content (AvgIpc) is 2.33. The quantitative estimate of drug-likeness (QED) is 0.822. The van der Waals surface area contributed by atoms with E-state index in [9.17, 15) is 9.90 Å². The number of carbonyl (C=O) groups is 1. The molecule has 1 heterocycles. The molecule has 102 valence electrons. The monoisotopic (exact) mass is 261 g/mol. The van der Waals surface area contributed by atoms with Crippen LogP contribution in [-0.2, 0) is 4.79 Å². The first kappa shape index (κ1) is 15.0.